The molecule has 3 rings (SSSR count). The van der Waals surface area contributed by atoms with Crippen molar-refractivity contribution in [1.82, 2.24) is 9.21 Å². The number of Topliss-reactive ketones (excluding diaryl/α,β-unsaturated/α-hetero) is 1. The zero-order valence-electron chi connectivity index (χ0n) is 17.8. The Balaban J connectivity index is 0.00000341. The minimum Gasteiger partial charge on any atom is -0.497 e. The number of rotatable bonds is 9. The minimum absolute atomic E-state index is 0. The SMILES string of the molecule is CCOc1ccc(S(=O)(=O)N2CCN(CCC(=O)c3cccc(OC)c3)CC2)cc1.Cl. The molecule has 1 aliphatic heterocycles. The van der Waals surface area contributed by atoms with Crippen molar-refractivity contribution < 1.29 is 22.7 Å². The molecule has 1 aliphatic rings. The van der Waals surface area contributed by atoms with Crippen LogP contribution < -0.4 is 9.47 Å². The molecule has 7 nitrogen and oxygen atoms in total. The van der Waals surface area contributed by atoms with Gasteiger partial charge < -0.3 is 14.4 Å². The van der Waals surface area contributed by atoms with E-state index in [0.717, 1.165) is 0 Å². The Morgan fingerprint density at radius 1 is 1.00 bits per heavy atom. The summed E-state index contributed by atoms with van der Waals surface area (Å²) in [7, 11) is -1.95. The van der Waals surface area contributed by atoms with E-state index < -0.39 is 10.0 Å². The Morgan fingerprint density at radius 3 is 2.29 bits per heavy atom. The zero-order valence-corrected chi connectivity index (χ0v) is 19.5. The molecule has 0 unspecified atom stereocenters. The molecule has 2 aromatic carbocycles. The Labute approximate surface area is 190 Å². The van der Waals surface area contributed by atoms with Crippen LogP contribution >= 0.6 is 12.4 Å². The van der Waals surface area contributed by atoms with Gasteiger partial charge in [-0.3, -0.25) is 4.79 Å². The Kier molecular flexibility index (Phi) is 9.31. The van der Waals surface area contributed by atoms with E-state index in [1.54, 1.807) is 55.6 Å². The summed E-state index contributed by atoms with van der Waals surface area (Å²) in [5.74, 6) is 1.37. The van der Waals surface area contributed by atoms with Gasteiger partial charge in [-0.05, 0) is 43.3 Å². The minimum atomic E-state index is -3.53. The average molecular weight is 469 g/mol. The second-order valence-electron chi connectivity index (χ2n) is 7.06. The van der Waals surface area contributed by atoms with E-state index in [1.165, 1.54) is 4.31 Å². The summed E-state index contributed by atoms with van der Waals surface area (Å²) in [4.78, 5) is 14.8. The summed E-state index contributed by atoms with van der Waals surface area (Å²) in [6.45, 7) is 5.03. The summed E-state index contributed by atoms with van der Waals surface area (Å²) in [6.07, 6.45) is 0.388. The Bertz CT molecular complexity index is 958. The van der Waals surface area contributed by atoms with Crippen LogP contribution in [0.2, 0.25) is 0 Å². The molecule has 0 saturated carbocycles. The Hall–Kier alpha value is -2.13. The van der Waals surface area contributed by atoms with E-state index in [9.17, 15) is 13.2 Å². The molecule has 31 heavy (non-hydrogen) atoms. The summed E-state index contributed by atoms with van der Waals surface area (Å²) >= 11 is 0. The molecule has 9 heteroatoms. The predicted octanol–water partition coefficient (Wildman–Crippen LogP) is 3.10. The molecular weight excluding hydrogens is 440 g/mol. The molecule has 1 saturated heterocycles. The van der Waals surface area contributed by atoms with E-state index in [0.29, 0.717) is 62.8 Å². The lowest BCUT2D eigenvalue weighted by Gasteiger charge is -2.33. The number of nitrogens with zero attached hydrogens (tertiary/aromatic N) is 2. The first-order valence-corrected chi connectivity index (χ1v) is 11.5. The monoisotopic (exact) mass is 468 g/mol. The van der Waals surface area contributed by atoms with Crippen LogP contribution in [0.4, 0.5) is 0 Å². The first kappa shape index (κ1) is 25.1. The summed E-state index contributed by atoms with van der Waals surface area (Å²) in [5.41, 5.74) is 0.631. The first-order chi connectivity index (χ1) is 14.4. The van der Waals surface area contributed by atoms with Gasteiger partial charge in [0.05, 0.1) is 18.6 Å². The van der Waals surface area contributed by atoms with Gasteiger partial charge >= 0.3 is 0 Å². The number of ether oxygens (including phenoxy) is 2. The number of methoxy groups -OCH3 is 1. The normalized spacial score (nSPS) is 15.2. The van der Waals surface area contributed by atoms with E-state index in [1.807, 2.05) is 6.92 Å². The zero-order chi connectivity index (χ0) is 21.6. The molecule has 2 aromatic rings. The molecular formula is C22H29ClN2O5S. The number of hydrogen-bond donors (Lipinski definition) is 0. The maximum absolute atomic E-state index is 12.9. The lowest BCUT2D eigenvalue weighted by molar-refractivity contribution is 0.0952. The lowest BCUT2D eigenvalue weighted by atomic mass is 10.1. The van der Waals surface area contributed by atoms with Crippen molar-refractivity contribution >= 4 is 28.2 Å². The summed E-state index contributed by atoms with van der Waals surface area (Å²) < 4.78 is 37.8. The molecule has 0 spiro atoms. The number of benzene rings is 2. The molecule has 1 fully saturated rings. The van der Waals surface area contributed by atoms with Gasteiger partial charge in [-0.25, -0.2) is 8.42 Å². The van der Waals surface area contributed by atoms with Crippen LogP contribution in [0.1, 0.15) is 23.7 Å². The van der Waals surface area contributed by atoms with Gasteiger partial charge in [-0.15, -0.1) is 12.4 Å². The number of piperazine rings is 1. The van der Waals surface area contributed by atoms with Crippen LogP contribution in [-0.4, -0.2) is 69.8 Å². The van der Waals surface area contributed by atoms with Crippen molar-refractivity contribution in [2.24, 2.45) is 0 Å². The molecule has 1 heterocycles. The quantitative estimate of drug-likeness (QED) is 0.526. The largest absolute Gasteiger partial charge is 0.497 e. The highest BCUT2D eigenvalue weighted by Gasteiger charge is 2.28. The molecule has 170 valence electrons. The van der Waals surface area contributed by atoms with Crippen molar-refractivity contribution in [2.75, 3.05) is 46.4 Å². The maximum atomic E-state index is 12.9. The second kappa shape index (κ2) is 11.5. The maximum Gasteiger partial charge on any atom is 0.243 e. The van der Waals surface area contributed by atoms with Gasteiger partial charge in [0, 0.05) is 44.7 Å². The molecule has 0 bridgehead atoms. The van der Waals surface area contributed by atoms with Gasteiger partial charge in [0.15, 0.2) is 5.78 Å². The fraction of sp³-hybridized carbons (Fsp3) is 0.409. The third-order valence-corrected chi connectivity index (χ3v) is 7.06. The highest BCUT2D eigenvalue weighted by atomic mass is 35.5. The third-order valence-electron chi connectivity index (χ3n) is 5.15. The Morgan fingerprint density at radius 2 is 1.68 bits per heavy atom. The number of carbonyl (C=O) groups excluding carboxylic acids is 1. The van der Waals surface area contributed by atoms with Crippen LogP contribution in [0.15, 0.2) is 53.4 Å². The first-order valence-electron chi connectivity index (χ1n) is 10.1. The molecule has 0 aliphatic carbocycles. The van der Waals surface area contributed by atoms with E-state index >= 15 is 0 Å². The number of hydrogen-bond acceptors (Lipinski definition) is 6. The van der Waals surface area contributed by atoms with E-state index in [2.05, 4.69) is 4.90 Å². The summed E-state index contributed by atoms with van der Waals surface area (Å²) in [6, 6.07) is 13.7. The number of sulfonamides is 1. The fourth-order valence-corrected chi connectivity index (χ4v) is 4.84. The lowest BCUT2D eigenvalue weighted by Crippen LogP contribution is -2.48. The van der Waals surface area contributed by atoms with Gasteiger partial charge in [-0.2, -0.15) is 4.31 Å². The summed E-state index contributed by atoms with van der Waals surface area (Å²) in [5, 5.41) is 0. The van der Waals surface area contributed by atoms with Crippen LogP contribution in [-0.2, 0) is 10.0 Å². The second-order valence-corrected chi connectivity index (χ2v) is 8.99. The molecule has 0 amide bonds. The number of carbonyl (C=O) groups is 1. The molecule has 0 N–H and O–H groups in total. The fourth-order valence-electron chi connectivity index (χ4n) is 3.42. The highest BCUT2D eigenvalue weighted by molar-refractivity contribution is 7.89. The molecule has 0 aromatic heterocycles. The van der Waals surface area contributed by atoms with Crippen molar-refractivity contribution in [3.63, 3.8) is 0 Å². The van der Waals surface area contributed by atoms with Crippen molar-refractivity contribution in [3.8, 4) is 11.5 Å². The van der Waals surface area contributed by atoms with Crippen LogP contribution in [0.3, 0.4) is 0 Å². The number of ketones is 1. The van der Waals surface area contributed by atoms with Gasteiger partial charge in [0.1, 0.15) is 11.5 Å². The topological polar surface area (TPSA) is 76.2 Å². The van der Waals surface area contributed by atoms with Crippen LogP contribution in [0.25, 0.3) is 0 Å². The van der Waals surface area contributed by atoms with Gasteiger partial charge in [-0.1, -0.05) is 12.1 Å². The van der Waals surface area contributed by atoms with Crippen LogP contribution in [0, 0.1) is 0 Å². The van der Waals surface area contributed by atoms with Crippen LogP contribution in [0.5, 0.6) is 11.5 Å². The standard InChI is InChI=1S/C22H28N2O5S.ClH/c1-3-29-19-7-9-21(10-8-19)30(26,27)24-15-13-23(14-16-24)12-11-22(25)18-5-4-6-20(17-18)28-2;/h4-10,17H,3,11-16H2,1-2H3;1H. The van der Waals surface area contributed by atoms with Crippen molar-refractivity contribution in [3.05, 3.63) is 54.1 Å². The van der Waals surface area contributed by atoms with E-state index in [4.69, 9.17) is 9.47 Å². The predicted molar refractivity (Wildman–Crippen MR) is 122 cm³/mol. The average Bonchev–Trinajstić information content (AvgIpc) is 2.78. The number of halogens is 1. The third kappa shape index (κ3) is 6.43. The van der Waals surface area contributed by atoms with Crippen molar-refractivity contribution in [1.29, 1.82) is 0 Å². The van der Waals surface area contributed by atoms with Crippen molar-refractivity contribution in [2.45, 2.75) is 18.2 Å². The smallest absolute Gasteiger partial charge is 0.243 e. The molecule has 0 atom stereocenters. The van der Waals surface area contributed by atoms with Gasteiger partial charge in [0.25, 0.3) is 0 Å². The van der Waals surface area contributed by atoms with E-state index in [-0.39, 0.29) is 23.1 Å². The van der Waals surface area contributed by atoms with Gasteiger partial charge in [0.2, 0.25) is 10.0 Å². The highest BCUT2D eigenvalue weighted by Crippen LogP contribution is 2.21. The molecule has 0 radical (unpaired) electrons.